The van der Waals surface area contributed by atoms with Crippen molar-refractivity contribution in [3.05, 3.63) is 35.4 Å². The summed E-state index contributed by atoms with van der Waals surface area (Å²) in [4.78, 5) is 26.2. The summed E-state index contributed by atoms with van der Waals surface area (Å²) in [5, 5.41) is 5.85. The van der Waals surface area contributed by atoms with Crippen LogP contribution in [0, 0.1) is 5.92 Å². The molecule has 6 heteroatoms. The van der Waals surface area contributed by atoms with Crippen molar-refractivity contribution in [1.29, 1.82) is 0 Å². The number of rotatable bonds is 6. The van der Waals surface area contributed by atoms with E-state index in [1.807, 2.05) is 49.9 Å². The number of likely N-dealkylation sites (tertiary alicyclic amines) is 1. The van der Waals surface area contributed by atoms with Gasteiger partial charge in [-0.25, -0.2) is 4.79 Å². The molecule has 0 aliphatic carbocycles. The Morgan fingerprint density at radius 3 is 2.33 bits per heavy atom. The quantitative estimate of drug-likeness (QED) is 0.751. The zero-order valence-corrected chi connectivity index (χ0v) is 17.0. The van der Waals surface area contributed by atoms with Crippen LogP contribution in [0.15, 0.2) is 24.3 Å². The van der Waals surface area contributed by atoms with E-state index in [0.29, 0.717) is 24.6 Å². The van der Waals surface area contributed by atoms with Crippen LogP contribution >= 0.6 is 0 Å². The predicted molar refractivity (Wildman–Crippen MR) is 107 cm³/mol. The van der Waals surface area contributed by atoms with Gasteiger partial charge in [-0.1, -0.05) is 12.1 Å². The van der Waals surface area contributed by atoms with Gasteiger partial charge in [-0.3, -0.25) is 4.79 Å². The molecule has 0 spiro atoms. The van der Waals surface area contributed by atoms with E-state index in [1.165, 1.54) is 5.56 Å². The number of carbonyl (C=O) groups excluding carboxylic acids is 2. The topological polar surface area (TPSA) is 70.7 Å². The number of nitrogens with one attached hydrogen (secondary N) is 2. The highest BCUT2D eigenvalue weighted by Gasteiger charge is 2.25. The van der Waals surface area contributed by atoms with Crippen LogP contribution in [0.25, 0.3) is 0 Å². The van der Waals surface area contributed by atoms with Gasteiger partial charge in [0.2, 0.25) is 0 Å². The van der Waals surface area contributed by atoms with Crippen LogP contribution in [-0.2, 0) is 11.2 Å². The first-order chi connectivity index (χ1) is 12.8. The highest BCUT2D eigenvalue weighted by atomic mass is 16.5. The van der Waals surface area contributed by atoms with Gasteiger partial charge in [0.1, 0.15) is 0 Å². The second kappa shape index (κ2) is 9.74. The SMILES string of the molecule is COCCNC(=O)c1ccc(CC2CCN(C(=O)NC(C)(C)C)CC2)cc1. The Labute approximate surface area is 162 Å². The molecule has 0 bridgehead atoms. The van der Waals surface area contributed by atoms with Gasteiger partial charge in [-0.2, -0.15) is 0 Å². The molecule has 1 aliphatic rings. The fourth-order valence-corrected chi connectivity index (χ4v) is 3.23. The highest BCUT2D eigenvalue weighted by molar-refractivity contribution is 5.94. The Kier molecular flexibility index (Phi) is 7.66. The number of urea groups is 1. The highest BCUT2D eigenvalue weighted by Crippen LogP contribution is 2.22. The van der Waals surface area contributed by atoms with Gasteiger partial charge in [0.05, 0.1) is 6.61 Å². The van der Waals surface area contributed by atoms with Gasteiger partial charge in [-0.15, -0.1) is 0 Å². The van der Waals surface area contributed by atoms with Gasteiger partial charge in [0.25, 0.3) is 5.91 Å². The lowest BCUT2D eigenvalue weighted by molar-refractivity contribution is 0.0937. The lowest BCUT2D eigenvalue weighted by Crippen LogP contribution is -2.50. The molecule has 0 atom stereocenters. The Morgan fingerprint density at radius 1 is 1.15 bits per heavy atom. The molecule has 0 radical (unpaired) electrons. The molecule has 0 saturated carbocycles. The number of amides is 3. The Morgan fingerprint density at radius 2 is 1.78 bits per heavy atom. The first-order valence-electron chi connectivity index (χ1n) is 9.71. The maximum absolute atomic E-state index is 12.2. The molecule has 0 aromatic heterocycles. The molecule has 150 valence electrons. The van der Waals surface area contributed by atoms with Gasteiger partial charge >= 0.3 is 6.03 Å². The van der Waals surface area contributed by atoms with E-state index in [-0.39, 0.29) is 17.5 Å². The standard InChI is InChI=1S/C21H33N3O3/c1-21(2,3)23-20(26)24-12-9-17(10-13-24)15-16-5-7-18(8-6-16)19(25)22-11-14-27-4/h5-8,17H,9-15H2,1-4H3,(H,22,25)(H,23,26). The minimum atomic E-state index is -0.203. The average Bonchev–Trinajstić information content (AvgIpc) is 2.61. The number of benzene rings is 1. The zero-order valence-electron chi connectivity index (χ0n) is 17.0. The lowest BCUT2D eigenvalue weighted by Gasteiger charge is -2.34. The summed E-state index contributed by atoms with van der Waals surface area (Å²) in [5.41, 5.74) is 1.70. The van der Waals surface area contributed by atoms with Gasteiger partial charge in [0, 0.05) is 37.8 Å². The Hall–Kier alpha value is -2.08. The molecule has 3 amide bonds. The summed E-state index contributed by atoms with van der Waals surface area (Å²) in [6.45, 7) is 8.62. The first kappa shape index (κ1) is 21.2. The van der Waals surface area contributed by atoms with E-state index >= 15 is 0 Å². The summed E-state index contributed by atoms with van der Waals surface area (Å²) in [6.07, 6.45) is 3.01. The van der Waals surface area contributed by atoms with E-state index in [4.69, 9.17) is 4.74 Å². The average molecular weight is 376 g/mol. The van der Waals surface area contributed by atoms with E-state index in [2.05, 4.69) is 10.6 Å². The van der Waals surface area contributed by atoms with E-state index in [0.717, 1.165) is 32.4 Å². The molecule has 2 rings (SSSR count). The normalized spacial score (nSPS) is 15.5. The number of ether oxygens (including phenoxy) is 1. The summed E-state index contributed by atoms with van der Waals surface area (Å²) in [5.74, 6) is 0.502. The first-order valence-corrected chi connectivity index (χ1v) is 9.71. The van der Waals surface area contributed by atoms with Crippen molar-refractivity contribution in [2.75, 3.05) is 33.4 Å². The monoisotopic (exact) mass is 375 g/mol. The summed E-state index contributed by atoms with van der Waals surface area (Å²) in [6, 6.07) is 7.85. The van der Waals surface area contributed by atoms with Gasteiger partial charge in [0.15, 0.2) is 0 Å². The van der Waals surface area contributed by atoms with Gasteiger partial charge < -0.3 is 20.3 Å². The van der Waals surface area contributed by atoms with E-state index < -0.39 is 0 Å². The Balaban J connectivity index is 1.78. The fraction of sp³-hybridized carbons (Fsp3) is 0.619. The molecule has 6 nitrogen and oxygen atoms in total. The predicted octanol–water partition coefficient (Wildman–Crippen LogP) is 2.83. The number of hydrogen-bond acceptors (Lipinski definition) is 3. The van der Waals surface area contributed by atoms with Crippen molar-refractivity contribution >= 4 is 11.9 Å². The third-order valence-electron chi connectivity index (χ3n) is 4.72. The number of hydrogen-bond donors (Lipinski definition) is 2. The zero-order chi connectivity index (χ0) is 19.9. The molecule has 1 aliphatic heterocycles. The van der Waals surface area contributed by atoms with E-state index in [1.54, 1.807) is 7.11 Å². The molecule has 1 aromatic carbocycles. The maximum atomic E-state index is 12.2. The second-order valence-electron chi connectivity index (χ2n) is 8.26. The fourth-order valence-electron chi connectivity index (χ4n) is 3.23. The molecule has 1 saturated heterocycles. The minimum absolute atomic E-state index is 0.0322. The number of carbonyl (C=O) groups is 2. The summed E-state index contributed by atoms with van der Waals surface area (Å²) >= 11 is 0. The molecule has 27 heavy (non-hydrogen) atoms. The van der Waals surface area contributed by atoms with Crippen LogP contribution < -0.4 is 10.6 Å². The number of nitrogens with zero attached hydrogens (tertiary/aromatic N) is 1. The van der Waals surface area contributed by atoms with Crippen LogP contribution in [0.2, 0.25) is 0 Å². The summed E-state index contributed by atoms with van der Waals surface area (Å²) < 4.78 is 4.93. The van der Waals surface area contributed by atoms with Gasteiger partial charge in [-0.05, 0) is 63.6 Å². The molecular weight excluding hydrogens is 342 g/mol. The number of methoxy groups -OCH3 is 1. The number of piperidine rings is 1. The van der Waals surface area contributed by atoms with Crippen molar-refractivity contribution in [2.24, 2.45) is 5.92 Å². The van der Waals surface area contributed by atoms with Crippen molar-refractivity contribution < 1.29 is 14.3 Å². The summed E-state index contributed by atoms with van der Waals surface area (Å²) in [7, 11) is 1.61. The van der Waals surface area contributed by atoms with Crippen molar-refractivity contribution in [2.45, 2.75) is 45.6 Å². The van der Waals surface area contributed by atoms with Crippen LogP contribution in [0.3, 0.4) is 0 Å². The Bertz CT molecular complexity index is 615. The second-order valence-corrected chi connectivity index (χ2v) is 8.26. The molecular formula is C21H33N3O3. The smallest absolute Gasteiger partial charge is 0.317 e. The van der Waals surface area contributed by atoms with Crippen LogP contribution in [0.5, 0.6) is 0 Å². The largest absolute Gasteiger partial charge is 0.383 e. The third-order valence-corrected chi connectivity index (χ3v) is 4.72. The molecule has 1 aromatic rings. The van der Waals surface area contributed by atoms with Crippen molar-refractivity contribution in [3.63, 3.8) is 0 Å². The molecule has 2 N–H and O–H groups in total. The van der Waals surface area contributed by atoms with Crippen LogP contribution in [0.1, 0.15) is 49.5 Å². The maximum Gasteiger partial charge on any atom is 0.317 e. The van der Waals surface area contributed by atoms with Crippen LogP contribution in [0.4, 0.5) is 4.79 Å². The molecule has 0 unspecified atom stereocenters. The van der Waals surface area contributed by atoms with Crippen molar-refractivity contribution in [1.82, 2.24) is 15.5 Å². The van der Waals surface area contributed by atoms with Crippen LogP contribution in [-0.4, -0.2) is 55.7 Å². The van der Waals surface area contributed by atoms with E-state index in [9.17, 15) is 9.59 Å². The minimum Gasteiger partial charge on any atom is -0.383 e. The van der Waals surface area contributed by atoms with Crippen molar-refractivity contribution in [3.8, 4) is 0 Å². The third kappa shape index (κ3) is 7.21. The molecule has 1 fully saturated rings. The molecule has 1 heterocycles. The lowest BCUT2D eigenvalue weighted by atomic mass is 9.90.